The maximum atomic E-state index is 6.02. The third-order valence-corrected chi connectivity index (χ3v) is 2.90. The van der Waals surface area contributed by atoms with Crippen molar-refractivity contribution in [2.75, 3.05) is 13.6 Å². The summed E-state index contributed by atoms with van der Waals surface area (Å²) in [6, 6.07) is 4.41. The summed E-state index contributed by atoms with van der Waals surface area (Å²) < 4.78 is 0. The summed E-state index contributed by atoms with van der Waals surface area (Å²) in [5.41, 5.74) is 7.32. The fourth-order valence-corrected chi connectivity index (χ4v) is 1.58. The number of pyridine rings is 1. The number of hydrogen-bond acceptors (Lipinski definition) is 3. The average Bonchev–Trinajstić information content (AvgIpc) is 2.27. The van der Waals surface area contributed by atoms with Crippen LogP contribution in [0.3, 0.4) is 0 Å². The molecule has 0 aromatic carbocycles. The second-order valence-corrected chi connectivity index (χ2v) is 4.79. The van der Waals surface area contributed by atoms with E-state index in [1.807, 2.05) is 12.4 Å². The third-order valence-electron chi connectivity index (χ3n) is 2.90. The van der Waals surface area contributed by atoms with Gasteiger partial charge in [-0.05, 0) is 43.6 Å². The van der Waals surface area contributed by atoms with Crippen LogP contribution in [0.25, 0.3) is 0 Å². The van der Waals surface area contributed by atoms with Crippen LogP contribution in [0.4, 0.5) is 0 Å². The zero-order chi connectivity index (χ0) is 12.0. The molecule has 90 valence electrons. The van der Waals surface area contributed by atoms with E-state index in [1.165, 1.54) is 5.56 Å². The standard InChI is InChI=1S/C13H23N3/c1-11(2)13(14)6-9-16(3)10-12-4-7-15-8-5-12/h4-5,7-8,11,13H,6,9-10,14H2,1-3H3. The van der Waals surface area contributed by atoms with Crippen LogP contribution in [-0.4, -0.2) is 29.5 Å². The maximum Gasteiger partial charge on any atom is 0.0271 e. The van der Waals surface area contributed by atoms with Crippen molar-refractivity contribution in [2.45, 2.75) is 32.9 Å². The molecular formula is C13H23N3. The van der Waals surface area contributed by atoms with Gasteiger partial charge in [0.1, 0.15) is 0 Å². The highest BCUT2D eigenvalue weighted by Gasteiger charge is 2.08. The van der Waals surface area contributed by atoms with Crippen molar-refractivity contribution in [1.82, 2.24) is 9.88 Å². The molecule has 0 radical (unpaired) electrons. The van der Waals surface area contributed by atoms with E-state index in [0.29, 0.717) is 12.0 Å². The van der Waals surface area contributed by atoms with Crippen LogP contribution in [0.15, 0.2) is 24.5 Å². The van der Waals surface area contributed by atoms with Gasteiger partial charge < -0.3 is 10.6 Å². The second-order valence-electron chi connectivity index (χ2n) is 4.79. The predicted molar refractivity (Wildman–Crippen MR) is 68.0 cm³/mol. The lowest BCUT2D eigenvalue weighted by Crippen LogP contribution is -2.31. The first-order valence-electron chi connectivity index (χ1n) is 5.92. The van der Waals surface area contributed by atoms with Crippen molar-refractivity contribution in [1.29, 1.82) is 0 Å². The van der Waals surface area contributed by atoms with Gasteiger partial charge in [0, 0.05) is 25.0 Å². The molecule has 1 unspecified atom stereocenters. The van der Waals surface area contributed by atoms with E-state index in [2.05, 4.69) is 42.9 Å². The fourth-order valence-electron chi connectivity index (χ4n) is 1.58. The zero-order valence-corrected chi connectivity index (χ0v) is 10.6. The van der Waals surface area contributed by atoms with Gasteiger partial charge in [-0.25, -0.2) is 0 Å². The molecule has 1 atom stereocenters. The quantitative estimate of drug-likeness (QED) is 0.797. The van der Waals surface area contributed by atoms with Crippen molar-refractivity contribution in [3.05, 3.63) is 30.1 Å². The third kappa shape index (κ3) is 4.73. The first-order valence-corrected chi connectivity index (χ1v) is 5.92. The molecule has 2 N–H and O–H groups in total. The van der Waals surface area contributed by atoms with Gasteiger partial charge in [-0.1, -0.05) is 13.8 Å². The Morgan fingerprint density at radius 1 is 1.31 bits per heavy atom. The topological polar surface area (TPSA) is 42.1 Å². The summed E-state index contributed by atoms with van der Waals surface area (Å²) in [6.45, 7) is 6.36. The lowest BCUT2D eigenvalue weighted by atomic mass is 10.0. The van der Waals surface area contributed by atoms with Gasteiger partial charge in [0.05, 0.1) is 0 Å². The Bertz CT molecular complexity index is 284. The normalized spacial score (nSPS) is 13.4. The Morgan fingerprint density at radius 2 is 1.94 bits per heavy atom. The van der Waals surface area contributed by atoms with Crippen LogP contribution in [-0.2, 0) is 6.54 Å². The summed E-state index contributed by atoms with van der Waals surface area (Å²) >= 11 is 0. The maximum absolute atomic E-state index is 6.02. The minimum absolute atomic E-state index is 0.305. The number of nitrogens with zero attached hydrogens (tertiary/aromatic N) is 2. The Labute approximate surface area is 98.7 Å². The molecule has 16 heavy (non-hydrogen) atoms. The largest absolute Gasteiger partial charge is 0.327 e. The highest BCUT2D eigenvalue weighted by Crippen LogP contribution is 2.06. The molecule has 0 saturated heterocycles. The van der Waals surface area contributed by atoms with Gasteiger partial charge in [-0.2, -0.15) is 0 Å². The number of rotatable bonds is 6. The molecule has 1 heterocycles. The Kier molecular flexibility index (Phi) is 5.43. The molecule has 0 aliphatic heterocycles. The molecule has 3 nitrogen and oxygen atoms in total. The molecule has 0 aliphatic carbocycles. The Hall–Kier alpha value is -0.930. The molecular weight excluding hydrogens is 198 g/mol. The smallest absolute Gasteiger partial charge is 0.0271 e. The Morgan fingerprint density at radius 3 is 2.50 bits per heavy atom. The summed E-state index contributed by atoms with van der Waals surface area (Å²) in [5, 5.41) is 0. The van der Waals surface area contributed by atoms with E-state index < -0.39 is 0 Å². The highest BCUT2D eigenvalue weighted by molar-refractivity contribution is 5.09. The summed E-state index contributed by atoms with van der Waals surface area (Å²) in [7, 11) is 2.13. The van der Waals surface area contributed by atoms with Crippen molar-refractivity contribution in [2.24, 2.45) is 11.7 Å². The molecule has 1 rings (SSSR count). The molecule has 0 aliphatic rings. The van der Waals surface area contributed by atoms with Gasteiger partial charge in [0.25, 0.3) is 0 Å². The lowest BCUT2D eigenvalue weighted by molar-refractivity contribution is 0.296. The summed E-state index contributed by atoms with van der Waals surface area (Å²) in [5.74, 6) is 0.564. The molecule has 1 aromatic rings. The Balaban J connectivity index is 2.29. The van der Waals surface area contributed by atoms with Gasteiger partial charge in [0.15, 0.2) is 0 Å². The van der Waals surface area contributed by atoms with E-state index in [-0.39, 0.29) is 0 Å². The first kappa shape index (κ1) is 13.1. The van der Waals surface area contributed by atoms with Crippen molar-refractivity contribution in [3.8, 4) is 0 Å². The van der Waals surface area contributed by atoms with E-state index in [1.54, 1.807) is 0 Å². The van der Waals surface area contributed by atoms with Gasteiger partial charge in [-0.3, -0.25) is 4.98 Å². The van der Waals surface area contributed by atoms with Gasteiger partial charge in [0.2, 0.25) is 0 Å². The monoisotopic (exact) mass is 221 g/mol. The van der Waals surface area contributed by atoms with E-state index >= 15 is 0 Å². The molecule has 1 aromatic heterocycles. The number of hydrogen-bond donors (Lipinski definition) is 1. The average molecular weight is 221 g/mol. The number of aromatic nitrogens is 1. The minimum Gasteiger partial charge on any atom is -0.327 e. The summed E-state index contributed by atoms with van der Waals surface area (Å²) in [6.07, 6.45) is 4.73. The number of nitrogens with two attached hydrogens (primary N) is 1. The van der Waals surface area contributed by atoms with Gasteiger partial charge in [-0.15, -0.1) is 0 Å². The molecule has 0 saturated carbocycles. The molecule has 3 heteroatoms. The minimum atomic E-state index is 0.305. The molecule has 0 bridgehead atoms. The van der Waals surface area contributed by atoms with E-state index in [4.69, 9.17) is 5.73 Å². The van der Waals surface area contributed by atoms with Crippen LogP contribution in [0.2, 0.25) is 0 Å². The van der Waals surface area contributed by atoms with Crippen LogP contribution < -0.4 is 5.73 Å². The van der Waals surface area contributed by atoms with Crippen molar-refractivity contribution in [3.63, 3.8) is 0 Å². The van der Waals surface area contributed by atoms with Crippen molar-refractivity contribution < 1.29 is 0 Å². The second kappa shape index (κ2) is 6.61. The SMILES string of the molecule is CC(C)C(N)CCN(C)Cc1ccncc1. The van der Waals surface area contributed by atoms with Crippen LogP contribution in [0, 0.1) is 5.92 Å². The van der Waals surface area contributed by atoms with Crippen LogP contribution >= 0.6 is 0 Å². The predicted octanol–water partition coefficient (Wildman–Crippen LogP) is 1.89. The highest BCUT2D eigenvalue weighted by atomic mass is 15.1. The van der Waals surface area contributed by atoms with Crippen LogP contribution in [0.1, 0.15) is 25.8 Å². The van der Waals surface area contributed by atoms with Gasteiger partial charge >= 0.3 is 0 Å². The fraction of sp³-hybridized carbons (Fsp3) is 0.615. The zero-order valence-electron chi connectivity index (χ0n) is 10.6. The lowest BCUT2D eigenvalue weighted by Gasteiger charge is -2.21. The first-order chi connectivity index (χ1) is 7.59. The molecule has 0 spiro atoms. The van der Waals surface area contributed by atoms with E-state index in [9.17, 15) is 0 Å². The van der Waals surface area contributed by atoms with Crippen molar-refractivity contribution >= 4 is 0 Å². The summed E-state index contributed by atoms with van der Waals surface area (Å²) in [4.78, 5) is 6.31. The molecule has 0 amide bonds. The molecule has 0 fully saturated rings. The van der Waals surface area contributed by atoms with E-state index in [0.717, 1.165) is 19.5 Å². The van der Waals surface area contributed by atoms with Crippen LogP contribution in [0.5, 0.6) is 0 Å².